The van der Waals surface area contributed by atoms with Crippen molar-refractivity contribution in [1.82, 2.24) is 15.5 Å². The predicted molar refractivity (Wildman–Crippen MR) is 109 cm³/mol. The largest absolute Gasteiger partial charge is 0.379 e. The van der Waals surface area contributed by atoms with Crippen LogP contribution in [0.15, 0.2) is 46.8 Å². The summed E-state index contributed by atoms with van der Waals surface area (Å²) in [4.78, 5) is 8.33. The van der Waals surface area contributed by atoms with Crippen LogP contribution < -0.4 is 10.6 Å². The molecule has 2 aromatic rings. The SMILES string of the molecule is CCNC(=NCc1ccccc1F)NCC(c1cccs1)N1CCOCC1. The number of hydrogen-bond donors (Lipinski definition) is 2. The van der Waals surface area contributed by atoms with Gasteiger partial charge in [-0.2, -0.15) is 0 Å². The molecule has 0 spiro atoms. The third-order valence-electron chi connectivity index (χ3n) is 4.53. The maximum absolute atomic E-state index is 13.8. The fraction of sp³-hybridized carbons (Fsp3) is 0.450. The van der Waals surface area contributed by atoms with Crippen molar-refractivity contribution < 1.29 is 9.13 Å². The quantitative estimate of drug-likeness (QED) is 0.564. The van der Waals surface area contributed by atoms with Crippen LogP contribution in [0, 0.1) is 5.82 Å². The Morgan fingerprint density at radius 2 is 2.04 bits per heavy atom. The van der Waals surface area contributed by atoms with Gasteiger partial charge in [-0.05, 0) is 24.4 Å². The van der Waals surface area contributed by atoms with Crippen molar-refractivity contribution in [3.8, 4) is 0 Å². The Morgan fingerprint density at radius 1 is 1.22 bits per heavy atom. The molecule has 3 rings (SSSR count). The minimum absolute atomic E-state index is 0.220. The summed E-state index contributed by atoms with van der Waals surface area (Å²) >= 11 is 1.77. The predicted octanol–water partition coefficient (Wildman–Crippen LogP) is 3.02. The second-order valence-electron chi connectivity index (χ2n) is 6.35. The van der Waals surface area contributed by atoms with Crippen molar-refractivity contribution in [3.05, 3.63) is 58.0 Å². The fourth-order valence-corrected chi connectivity index (χ4v) is 3.97. The van der Waals surface area contributed by atoms with E-state index in [1.807, 2.05) is 13.0 Å². The van der Waals surface area contributed by atoms with E-state index in [9.17, 15) is 4.39 Å². The van der Waals surface area contributed by atoms with Gasteiger partial charge < -0.3 is 15.4 Å². The molecule has 146 valence electrons. The summed E-state index contributed by atoms with van der Waals surface area (Å²) in [6, 6.07) is 11.3. The number of nitrogens with one attached hydrogen (secondary N) is 2. The van der Waals surface area contributed by atoms with Gasteiger partial charge in [0.1, 0.15) is 5.82 Å². The summed E-state index contributed by atoms with van der Waals surface area (Å²) in [6.07, 6.45) is 0. The lowest BCUT2D eigenvalue weighted by atomic mass is 10.2. The van der Waals surface area contributed by atoms with Gasteiger partial charge in [0.15, 0.2) is 5.96 Å². The molecule has 0 bridgehead atoms. The topological polar surface area (TPSA) is 48.9 Å². The molecule has 27 heavy (non-hydrogen) atoms. The highest BCUT2D eigenvalue weighted by atomic mass is 32.1. The first kappa shape index (κ1) is 19.8. The fourth-order valence-electron chi connectivity index (χ4n) is 3.11. The van der Waals surface area contributed by atoms with E-state index in [0.29, 0.717) is 18.1 Å². The van der Waals surface area contributed by atoms with Gasteiger partial charge in [-0.25, -0.2) is 9.38 Å². The zero-order valence-electron chi connectivity index (χ0n) is 15.7. The van der Waals surface area contributed by atoms with Gasteiger partial charge in [0.25, 0.3) is 0 Å². The van der Waals surface area contributed by atoms with Crippen LogP contribution in [0.1, 0.15) is 23.4 Å². The lowest BCUT2D eigenvalue weighted by Crippen LogP contribution is -2.46. The highest BCUT2D eigenvalue weighted by Gasteiger charge is 2.23. The van der Waals surface area contributed by atoms with Gasteiger partial charge in [0.2, 0.25) is 0 Å². The van der Waals surface area contributed by atoms with Gasteiger partial charge >= 0.3 is 0 Å². The molecule has 2 heterocycles. The number of benzene rings is 1. The molecule has 1 aromatic heterocycles. The van der Waals surface area contributed by atoms with Gasteiger partial charge in [-0.15, -0.1) is 11.3 Å². The maximum Gasteiger partial charge on any atom is 0.191 e. The van der Waals surface area contributed by atoms with Crippen molar-refractivity contribution in [1.29, 1.82) is 0 Å². The van der Waals surface area contributed by atoms with E-state index in [1.165, 1.54) is 10.9 Å². The third kappa shape index (κ3) is 5.76. The van der Waals surface area contributed by atoms with E-state index in [0.717, 1.165) is 39.4 Å². The molecular weight excluding hydrogens is 363 g/mol. The molecule has 1 fully saturated rings. The number of guanidine groups is 1. The molecule has 1 atom stereocenters. The van der Waals surface area contributed by atoms with Crippen LogP contribution in [0.5, 0.6) is 0 Å². The van der Waals surface area contributed by atoms with Crippen LogP contribution in [-0.4, -0.2) is 50.3 Å². The monoisotopic (exact) mass is 390 g/mol. The molecule has 0 saturated carbocycles. The molecule has 7 heteroatoms. The smallest absolute Gasteiger partial charge is 0.191 e. The van der Waals surface area contributed by atoms with E-state index in [1.54, 1.807) is 23.5 Å². The van der Waals surface area contributed by atoms with E-state index in [4.69, 9.17) is 4.74 Å². The van der Waals surface area contributed by atoms with Crippen LogP contribution in [0.4, 0.5) is 4.39 Å². The molecule has 2 N–H and O–H groups in total. The molecule has 1 aliphatic heterocycles. The molecule has 1 aromatic carbocycles. The highest BCUT2D eigenvalue weighted by Crippen LogP contribution is 2.25. The standard InChI is InChI=1S/C20H27FN4OS/c1-2-22-20(23-14-16-6-3-4-7-17(16)21)24-15-18(19-8-5-13-27-19)25-9-11-26-12-10-25/h3-8,13,18H,2,9-12,14-15H2,1H3,(H2,22,23,24). The van der Waals surface area contributed by atoms with Crippen molar-refractivity contribution in [3.63, 3.8) is 0 Å². The number of morpholine rings is 1. The second-order valence-corrected chi connectivity index (χ2v) is 7.33. The van der Waals surface area contributed by atoms with Crippen molar-refractivity contribution in [2.45, 2.75) is 19.5 Å². The Kier molecular flexibility index (Phi) is 7.62. The minimum atomic E-state index is -0.220. The van der Waals surface area contributed by atoms with Crippen molar-refractivity contribution in [2.24, 2.45) is 4.99 Å². The van der Waals surface area contributed by atoms with Gasteiger partial charge in [-0.3, -0.25) is 4.90 Å². The van der Waals surface area contributed by atoms with E-state index in [2.05, 4.69) is 38.0 Å². The summed E-state index contributed by atoms with van der Waals surface area (Å²) in [7, 11) is 0. The minimum Gasteiger partial charge on any atom is -0.379 e. The number of ether oxygens (including phenoxy) is 1. The van der Waals surface area contributed by atoms with Gasteiger partial charge in [-0.1, -0.05) is 24.3 Å². The molecule has 0 radical (unpaired) electrons. The Labute approximate surface area is 164 Å². The van der Waals surface area contributed by atoms with Gasteiger partial charge in [0, 0.05) is 36.6 Å². The number of halogens is 1. The van der Waals surface area contributed by atoms with Crippen LogP contribution >= 0.6 is 11.3 Å². The Balaban J connectivity index is 1.66. The number of rotatable bonds is 7. The number of nitrogens with zero attached hydrogens (tertiary/aromatic N) is 2. The zero-order chi connectivity index (χ0) is 18.9. The number of hydrogen-bond acceptors (Lipinski definition) is 4. The Bertz CT molecular complexity index is 717. The van der Waals surface area contributed by atoms with Crippen LogP contribution in [-0.2, 0) is 11.3 Å². The summed E-state index contributed by atoms with van der Waals surface area (Å²) in [6.45, 7) is 7.21. The van der Waals surface area contributed by atoms with E-state index < -0.39 is 0 Å². The second kappa shape index (κ2) is 10.4. The van der Waals surface area contributed by atoms with Crippen LogP contribution in [0.3, 0.4) is 0 Å². The Hall–Kier alpha value is -1.96. The average Bonchev–Trinajstić information content (AvgIpc) is 3.22. The molecule has 0 aliphatic carbocycles. The molecule has 5 nitrogen and oxygen atoms in total. The first-order valence-electron chi connectivity index (χ1n) is 9.38. The van der Waals surface area contributed by atoms with Crippen LogP contribution in [0.25, 0.3) is 0 Å². The maximum atomic E-state index is 13.8. The van der Waals surface area contributed by atoms with Crippen LogP contribution in [0.2, 0.25) is 0 Å². The Morgan fingerprint density at radius 3 is 2.74 bits per heavy atom. The summed E-state index contributed by atoms with van der Waals surface area (Å²) < 4.78 is 19.3. The lowest BCUT2D eigenvalue weighted by Gasteiger charge is -2.34. The normalized spacial score (nSPS) is 16.9. The van der Waals surface area contributed by atoms with E-state index in [-0.39, 0.29) is 11.9 Å². The average molecular weight is 391 g/mol. The molecule has 1 saturated heterocycles. The molecule has 1 aliphatic rings. The highest BCUT2D eigenvalue weighted by molar-refractivity contribution is 7.10. The van der Waals surface area contributed by atoms with Crippen molar-refractivity contribution >= 4 is 17.3 Å². The number of thiophene rings is 1. The lowest BCUT2D eigenvalue weighted by molar-refractivity contribution is 0.0177. The molecule has 1 unspecified atom stereocenters. The zero-order valence-corrected chi connectivity index (χ0v) is 16.5. The molecule has 0 amide bonds. The van der Waals surface area contributed by atoms with Gasteiger partial charge in [0.05, 0.1) is 25.8 Å². The number of aliphatic imine (C=N–C) groups is 1. The summed E-state index contributed by atoms with van der Waals surface area (Å²) in [5.74, 6) is 0.484. The van der Waals surface area contributed by atoms with Crippen molar-refractivity contribution in [2.75, 3.05) is 39.4 Å². The van der Waals surface area contributed by atoms with E-state index >= 15 is 0 Å². The first-order valence-corrected chi connectivity index (χ1v) is 10.3. The molecular formula is C20H27FN4OS. The first-order chi connectivity index (χ1) is 13.3. The third-order valence-corrected chi connectivity index (χ3v) is 5.50. The summed E-state index contributed by atoms with van der Waals surface area (Å²) in [5, 5.41) is 8.80. The summed E-state index contributed by atoms with van der Waals surface area (Å²) in [5.41, 5.74) is 0.595.